The van der Waals surface area contributed by atoms with Crippen molar-refractivity contribution in [2.24, 2.45) is 0 Å². The maximum atomic E-state index is 3.60. The highest BCUT2D eigenvalue weighted by Crippen LogP contribution is 2.31. The van der Waals surface area contributed by atoms with Gasteiger partial charge in [0.25, 0.3) is 0 Å². The Balaban J connectivity index is 2.37. The summed E-state index contributed by atoms with van der Waals surface area (Å²) in [5, 5.41) is 3.51. The van der Waals surface area contributed by atoms with Gasteiger partial charge in [0.2, 0.25) is 0 Å². The van der Waals surface area contributed by atoms with Gasteiger partial charge >= 0.3 is 0 Å². The molecule has 0 fully saturated rings. The molecule has 0 unspecified atom stereocenters. The van der Waals surface area contributed by atoms with Gasteiger partial charge in [-0.3, -0.25) is 0 Å². The molecule has 0 spiro atoms. The van der Waals surface area contributed by atoms with Gasteiger partial charge in [0.15, 0.2) is 0 Å². The molecule has 112 valence electrons. The first kappa shape index (κ1) is 16.1. The lowest BCUT2D eigenvalue weighted by Crippen LogP contribution is -2.24. The molecule has 0 atom stereocenters. The van der Waals surface area contributed by atoms with Crippen molar-refractivity contribution in [1.29, 1.82) is 0 Å². The van der Waals surface area contributed by atoms with E-state index in [0.29, 0.717) is 6.04 Å². The fourth-order valence-corrected chi connectivity index (χ4v) is 2.70. The number of rotatable bonds is 6. The summed E-state index contributed by atoms with van der Waals surface area (Å²) in [4.78, 5) is 2.35. The molecule has 0 aliphatic heterocycles. The van der Waals surface area contributed by atoms with Crippen molar-refractivity contribution in [3.63, 3.8) is 0 Å². The minimum Gasteiger partial charge on any atom is -0.341 e. The standard InChI is InChI=1S/C18H23BrN2/c1-4-21(17-8-6-5-7-9-17)18-12-16(19)11-10-15(18)13-20-14(2)3/h5-12,14,20H,4,13H2,1-3H3. The molecule has 1 N–H and O–H groups in total. The summed E-state index contributed by atoms with van der Waals surface area (Å²) < 4.78 is 1.11. The van der Waals surface area contributed by atoms with E-state index in [0.717, 1.165) is 17.6 Å². The largest absolute Gasteiger partial charge is 0.341 e. The Morgan fingerprint density at radius 3 is 2.43 bits per heavy atom. The number of halogens is 1. The molecular weight excluding hydrogens is 324 g/mol. The van der Waals surface area contributed by atoms with E-state index in [2.05, 4.69) is 95.4 Å². The molecule has 0 aliphatic carbocycles. The van der Waals surface area contributed by atoms with Crippen molar-refractivity contribution in [1.82, 2.24) is 5.32 Å². The van der Waals surface area contributed by atoms with Crippen LogP contribution in [0.2, 0.25) is 0 Å². The zero-order valence-corrected chi connectivity index (χ0v) is 14.5. The van der Waals surface area contributed by atoms with Crippen molar-refractivity contribution in [3.05, 3.63) is 58.6 Å². The highest BCUT2D eigenvalue weighted by molar-refractivity contribution is 9.10. The third-order valence-electron chi connectivity index (χ3n) is 3.42. The Kier molecular flexibility index (Phi) is 5.83. The van der Waals surface area contributed by atoms with Crippen LogP contribution < -0.4 is 10.2 Å². The summed E-state index contributed by atoms with van der Waals surface area (Å²) >= 11 is 3.60. The van der Waals surface area contributed by atoms with Gasteiger partial charge in [-0.1, -0.05) is 54.0 Å². The first-order chi connectivity index (χ1) is 10.1. The smallest absolute Gasteiger partial charge is 0.0467 e. The molecule has 0 bridgehead atoms. The van der Waals surface area contributed by atoms with Crippen molar-refractivity contribution in [3.8, 4) is 0 Å². The van der Waals surface area contributed by atoms with Gasteiger partial charge in [-0.2, -0.15) is 0 Å². The average molecular weight is 347 g/mol. The second-order valence-corrected chi connectivity index (χ2v) is 6.30. The number of benzene rings is 2. The van der Waals surface area contributed by atoms with Crippen LogP contribution >= 0.6 is 15.9 Å². The van der Waals surface area contributed by atoms with Gasteiger partial charge in [0.05, 0.1) is 0 Å². The molecule has 0 saturated heterocycles. The van der Waals surface area contributed by atoms with Crippen LogP contribution in [0.15, 0.2) is 53.0 Å². The monoisotopic (exact) mass is 346 g/mol. The summed E-state index contributed by atoms with van der Waals surface area (Å²) in [5.41, 5.74) is 3.80. The Morgan fingerprint density at radius 1 is 1.10 bits per heavy atom. The number of para-hydroxylation sites is 1. The minimum atomic E-state index is 0.480. The van der Waals surface area contributed by atoms with Gasteiger partial charge in [-0.15, -0.1) is 0 Å². The fraction of sp³-hybridized carbons (Fsp3) is 0.333. The molecule has 0 aliphatic rings. The molecular formula is C18H23BrN2. The second-order valence-electron chi connectivity index (χ2n) is 5.39. The zero-order chi connectivity index (χ0) is 15.2. The van der Waals surface area contributed by atoms with Crippen LogP contribution in [0.5, 0.6) is 0 Å². The molecule has 0 radical (unpaired) electrons. The number of nitrogens with one attached hydrogen (secondary N) is 1. The summed E-state index contributed by atoms with van der Waals surface area (Å²) in [6.45, 7) is 8.35. The van der Waals surface area contributed by atoms with Gasteiger partial charge in [-0.05, 0) is 36.8 Å². The van der Waals surface area contributed by atoms with Crippen LogP contribution in [0, 0.1) is 0 Å². The maximum absolute atomic E-state index is 3.60. The summed E-state index contributed by atoms with van der Waals surface area (Å²) in [6, 6.07) is 17.5. The molecule has 2 aromatic rings. The van der Waals surface area contributed by atoms with Crippen molar-refractivity contribution < 1.29 is 0 Å². The summed E-state index contributed by atoms with van der Waals surface area (Å²) in [6.07, 6.45) is 0. The second kappa shape index (κ2) is 7.62. The van der Waals surface area contributed by atoms with Gasteiger partial charge in [0, 0.05) is 35.0 Å². The van der Waals surface area contributed by atoms with Crippen molar-refractivity contribution in [2.75, 3.05) is 11.4 Å². The van der Waals surface area contributed by atoms with Crippen LogP contribution in [-0.4, -0.2) is 12.6 Å². The first-order valence-corrected chi connectivity index (χ1v) is 8.25. The van der Waals surface area contributed by atoms with E-state index in [1.54, 1.807) is 0 Å². The zero-order valence-electron chi connectivity index (χ0n) is 12.9. The topological polar surface area (TPSA) is 15.3 Å². The van der Waals surface area contributed by atoms with Crippen LogP contribution in [0.4, 0.5) is 11.4 Å². The Bertz CT molecular complexity index is 567. The SMILES string of the molecule is CCN(c1ccccc1)c1cc(Br)ccc1CNC(C)C. The molecule has 0 heterocycles. The molecule has 2 aromatic carbocycles. The van der Waals surface area contributed by atoms with Crippen LogP contribution in [0.3, 0.4) is 0 Å². The highest BCUT2D eigenvalue weighted by Gasteiger charge is 2.12. The maximum Gasteiger partial charge on any atom is 0.0467 e. The highest BCUT2D eigenvalue weighted by atomic mass is 79.9. The van der Waals surface area contributed by atoms with Gasteiger partial charge in [0.1, 0.15) is 0 Å². The summed E-state index contributed by atoms with van der Waals surface area (Å²) in [7, 11) is 0. The van der Waals surface area contributed by atoms with E-state index in [1.807, 2.05) is 0 Å². The molecule has 0 aromatic heterocycles. The van der Waals surface area contributed by atoms with E-state index in [-0.39, 0.29) is 0 Å². The molecule has 2 rings (SSSR count). The predicted molar refractivity (Wildman–Crippen MR) is 95.2 cm³/mol. The normalized spacial score (nSPS) is 10.9. The molecule has 3 heteroatoms. The van der Waals surface area contributed by atoms with Crippen LogP contribution in [0.1, 0.15) is 26.3 Å². The number of anilines is 2. The van der Waals surface area contributed by atoms with E-state index in [4.69, 9.17) is 0 Å². The Labute approximate surface area is 136 Å². The Morgan fingerprint density at radius 2 is 1.81 bits per heavy atom. The van der Waals surface area contributed by atoms with Crippen LogP contribution in [0.25, 0.3) is 0 Å². The minimum absolute atomic E-state index is 0.480. The molecule has 0 amide bonds. The lowest BCUT2D eigenvalue weighted by molar-refractivity contribution is 0.588. The number of hydrogen-bond acceptors (Lipinski definition) is 2. The van der Waals surface area contributed by atoms with E-state index in [1.165, 1.54) is 16.9 Å². The third kappa shape index (κ3) is 4.32. The van der Waals surface area contributed by atoms with E-state index < -0.39 is 0 Å². The van der Waals surface area contributed by atoms with E-state index >= 15 is 0 Å². The number of hydrogen-bond donors (Lipinski definition) is 1. The lowest BCUT2D eigenvalue weighted by Gasteiger charge is -2.26. The first-order valence-electron chi connectivity index (χ1n) is 7.46. The fourth-order valence-electron chi connectivity index (χ4n) is 2.35. The number of nitrogens with zero attached hydrogens (tertiary/aromatic N) is 1. The average Bonchev–Trinajstić information content (AvgIpc) is 2.48. The van der Waals surface area contributed by atoms with E-state index in [9.17, 15) is 0 Å². The van der Waals surface area contributed by atoms with Gasteiger partial charge in [-0.25, -0.2) is 0 Å². The Hall–Kier alpha value is -1.32. The predicted octanol–water partition coefficient (Wildman–Crippen LogP) is 5.11. The third-order valence-corrected chi connectivity index (χ3v) is 3.92. The van der Waals surface area contributed by atoms with Gasteiger partial charge < -0.3 is 10.2 Å². The molecule has 21 heavy (non-hydrogen) atoms. The summed E-state index contributed by atoms with van der Waals surface area (Å²) in [5.74, 6) is 0. The van der Waals surface area contributed by atoms with Crippen molar-refractivity contribution >= 4 is 27.3 Å². The lowest BCUT2D eigenvalue weighted by atomic mass is 10.1. The van der Waals surface area contributed by atoms with Crippen LogP contribution in [-0.2, 0) is 6.54 Å². The molecule has 0 saturated carbocycles. The van der Waals surface area contributed by atoms with Crippen molar-refractivity contribution in [2.45, 2.75) is 33.4 Å². The molecule has 2 nitrogen and oxygen atoms in total. The quantitative estimate of drug-likeness (QED) is 0.782.